The quantitative estimate of drug-likeness (QED) is 0.520. The van der Waals surface area contributed by atoms with Crippen LogP contribution >= 0.6 is 0 Å². The molecule has 2 N–H and O–H groups in total. The Kier molecular flexibility index (Phi) is 5.18. The molecule has 0 amide bonds. The lowest BCUT2D eigenvalue weighted by Crippen LogP contribution is -2.23. The molecular formula is C11H19NO3. The van der Waals surface area contributed by atoms with Gasteiger partial charge in [0.1, 0.15) is 0 Å². The van der Waals surface area contributed by atoms with Gasteiger partial charge in [-0.15, -0.1) is 0 Å². The summed E-state index contributed by atoms with van der Waals surface area (Å²) in [5, 5.41) is 12.2. The van der Waals surface area contributed by atoms with Gasteiger partial charge in [-0.25, -0.2) is 4.79 Å². The summed E-state index contributed by atoms with van der Waals surface area (Å²) in [4.78, 5) is 10.7. The average Bonchev–Trinajstić information content (AvgIpc) is 2.71. The van der Waals surface area contributed by atoms with Gasteiger partial charge in [-0.05, 0) is 24.7 Å². The van der Waals surface area contributed by atoms with E-state index in [0.29, 0.717) is 11.8 Å². The van der Waals surface area contributed by atoms with Gasteiger partial charge in [0.2, 0.25) is 0 Å². The SMILES string of the molecule is COC(=O)/C=C/NCC1CCCC1CO. The Morgan fingerprint density at radius 3 is 2.93 bits per heavy atom. The van der Waals surface area contributed by atoms with Crippen LogP contribution in [-0.4, -0.2) is 31.3 Å². The molecule has 0 aromatic rings. The van der Waals surface area contributed by atoms with E-state index in [-0.39, 0.29) is 12.6 Å². The van der Waals surface area contributed by atoms with Crippen molar-refractivity contribution in [1.29, 1.82) is 0 Å². The second-order valence-electron chi connectivity index (χ2n) is 3.90. The Morgan fingerprint density at radius 2 is 2.27 bits per heavy atom. The van der Waals surface area contributed by atoms with Gasteiger partial charge in [0.05, 0.1) is 7.11 Å². The van der Waals surface area contributed by atoms with E-state index in [1.807, 2.05) is 0 Å². The third-order valence-electron chi connectivity index (χ3n) is 2.97. The Labute approximate surface area is 90.3 Å². The molecule has 1 rings (SSSR count). The third kappa shape index (κ3) is 3.91. The van der Waals surface area contributed by atoms with Crippen LogP contribution in [0.1, 0.15) is 19.3 Å². The predicted octanol–water partition coefficient (Wildman–Crippen LogP) is 0.671. The number of methoxy groups -OCH3 is 1. The van der Waals surface area contributed by atoms with E-state index in [9.17, 15) is 4.79 Å². The predicted molar refractivity (Wildman–Crippen MR) is 57.1 cm³/mol. The van der Waals surface area contributed by atoms with Crippen molar-refractivity contribution in [3.8, 4) is 0 Å². The molecule has 1 aliphatic carbocycles. The maximum Gasteiger partial charge on any atom is 0.331 e. The first-order valence-electron chi connectivity index (χ1n) is 5.36. The van der Waals surface area contributed by atoms with E-state index in [2.05, 4.69) is 10.1 Å². The van der Waals surface area contributed by atoms with Gasteiger partial charge in [-0.3, -0.25) is 0 Å². The molecule has 15 heavy (non-hydrogen) atoms. The molecule has 0 heterocycles. The zero-order chi connectivity index (χ0) is 11.1. The maximum absolute atomic E-state index is 10.7. The van der Waals surface area contributed by atoms with E-state index in [4.69, 9.17) is 5.11 Å². The van der Waals surface area contributed by atoms with Crippen molar-refractivity contribution in [2.75, 3.05) is 20.3 Å². The van der Waals surface area contributed by atoms with Gasteiger partial charge >= 0.3 is 5.97 Å². The molecule has 0 aromatic heterocycles. The Hall–Kier alpha value is -1.03. The molecule has 0 bridgehead atoms. The summed E-state index contributed by atoms with van der Waals surface area (Å²) in [6.07, 6.45) is 6.44. The van der Waals surface area contributed by atoms with Crippen molar-refractivity contribution < 1.29 is 14.6 Å². The van der Waals surface area contributed by atoms with Gasteiger partial charge in [0.15, 0.2) is 0 Å². The van der Waals surface area contributed by atoms with Crippen molar-refractivity contribution in [1.82, 2.24) is 5.32 Å². The number of carbonyl (C=O) groups excluding carboxylic acids is 1. The highest BCUT2D eigenvalue weighted by molar-refractivity contribution is 5.81. The molecule has 2 atom stereocenters. The number of ether oxygens (including phenoxy) is 1. The zero-order valence-corrected chi connectivity index (χ0v) is 9.11. The van der Waals surface area contributed by atoms with Gasteiger partial charge in [0.25, 0.3) is 0 Å². The first kappa shape index (κ1) is 12.0. The normalized spacial score (nSPS) is 25.7. The fourth-order valence-corrected chi connectivity index (χ4v) is 2.04. The number of nitrogens with one attached hydrogen (secondary N) is 1. The first-order valence-corrected chi connectivity index (χ1v) is 5.36. The Balaban J connectivity index is 2.19. The van der Waals surface area contributed by atoms with Crippen LogP contribution in [0.15, 0.2) is 12.3 Å². The highest BCUT2D eigenvalue weighted by Gasteiger charge is 2.25. The topological polar surface area (TPSA) is 58.6 Å². The van der Waals surface area contributed by atoms with Crippen molar-refractivity contribution in [3.63, 3.8) is 0 Å². The molecule has 4 heteroatoms. The van der Waals surface area contributed by atoms with Gasteiger partial charge in [-0.2, -0.15) is 0 Å². The maximum atomic E-state index is 10.7. The molecule has 86 valence electrons. The lowest BCUT2D eigenvalue weighted by molar-refractivity contribution is -0.134. The first-order chi connectivity index (χ1) is 7.27. The number of aliphatic hydroxyl groups excluding tert-OH is 1. The second-order valence-corrected chi connectivity index (χ2v) is 3.90. The lowest BCUT2D eigenvalue weighted by Gasteiger charge is -2.16. The zero-order valence-electron chi connectivity index (χ0n) is 9.11. The minimum atomic E-state index is -0.354. The van der Waals surface area contributed by atoms with Gasteiger partial charge in [0, 0.05) is 25.4 Å². The van der Waals surface area contributed by atoms with E-state index in [1.54, 1.807) is 6.20 Å². The van der Waals surface area contributed by atoms with Crippen LogP contribution in [0.5, 0.6) is 0 Å². The lowest BCUT2D eigenvalue weighted by atomic mass is 9.97. The molecule has 0 saturated heterocycles. The average molecular weight is 213 g/mol. The fraction of sp³-hybridized carbons (Fsp3) is 0.727. The largest absolute Gasteiger partial charge is 0.466 e. The van der Waals surface area contributed by atoms with Crippen LogP contribution in [0.2, 0.25) is 0 Å². The molecule has 0 spiro atoms. The molecule has 0 aliphatic heterocycles. The van der Waals surface area contributed by atoms with Gasteiger partial charge < -0.3 is 15.2 Å². The molecule has 0 radical (unpaired) electrons. The highest BCUT2D eigenvalue weighted by atomic mass is 16.5. The molecular weight excluding hydrogens is 194 g/mol. The van der Waals surface area contributed by atoms with E-state index in [0.717, 1.165) is 19.4 Å². The number of hydrogen-bond donors (Lipinski definition) is 2. The van der Waals surface area contributed by atoms with E-state index in [1.165, 1.54) is 19.6 Å². The number of carbonyl (C=O) groups is 1. The molecule has 1 saturated carbocycles. The fourth-order valence-electron chi connectivity index (χ4n) is 2.04. The van der Waals surface area contributed by atoms with Crippen LogP contribution < -0.4 is 5.32 Å². The van der Waals surface area contributed by atoms with Gasteiger partial charge in [-0.1, -0.05) is 6.42 Å². The van der Waals surface area contributed by atoms with Crippen LogP contribution in [0.3, 0.4) is 0 Å². The Morgan fingerprint density at radius 1 is 1.53 bits per heavy atom. The van der Waals surface area contributed by atoms with Crippen LogP contribution in [0.4, 0.5) is 0 Å². The number of esters is 1. The highest BCUT2D eigenvalue weighted by Crippen LogP contribution is 2.30. The smallest absolute Gasteiger partial charge is 0.331 e. The van der Waals surface area contributed by atoms with Crippen LogP contribution in [0, 0.1) is 11.8 Å². The third-order valence-corrected chi connectivity index (χ3v) is 2.97. The van der Waals surface area contributed by atoms with Crippen molar-refractivity contribution in [2.45, 2.75) is 19.3 Å². The summed E-state index contributed by atoms with van der Waals surface area (Å²) in [5.41, 5.74) is 0. The number of hydrogen-bond acceptors (Lipinski definition) is 4. The summed E-state index contributed by atoms with van der Waals surface area (Å²) in [6.45, 7) is 1.09. The molecule has 2 unspecified atom stereocenters. The number of aliphatic hydroxyl groups is 1. The molecule has 1 aliphatic rings. The second kappa shape index (κ2) is 6.45. The molecule has 1 fully saturated rings. The van der Waals surface area contributed by atoms with Crippen molar-refractivity contribution in [2.24, 2.45) is 11.8 Å². The summed E-state index contributed by atoms with van der Waals surface area (Å²) in [7, 11) is 1.35. The summed E-state index contributed by atoms with van der Waals surface area (Å²) in [5.74, 6) is 0.592. The molecule has 0 aromatic carbocycles. The number of rotatable bonds is 5. The van der Waals surface area contributed by atoms with Crippen molar-refractivity contribution >= 4 is 5.97 Å². The minimum Gasteiger partial charge on any atom is -0.466 e. The minimum absolute atomic E-state index is 0.271. The standard InChI is InChI=1S/C11H19NO3/c1-15-11(14)5-6-12-7-9-3-2-4-10(9)8-13/h5-6,9-10,12-13H,2-4,7-8H2,1H3/b6-5+. The van der Waals surface area contributed by atoms with E-state index < -0.39 is 0 Å². The van der Waals surface area contributed by atoms with Crippen LogP contribution in [0.25, 0.3) is 0 Å². The summed E-state index contributed by atoms with van der Waals surface area (Å²) < 4.78 is 4.46. The molecule has 4 nitrogen and oxygen atoms in total. The summed E-state index contributed by atoms with van der Waals surface area (Å²) >= 11 is 0. The van der Waals surface area contributed by atoms with E-state index >= 15 is 0 Å². The van der Waals surface area contributed by atoms with Crippen molar-refractivity contribution in [3.05, 3.63) is 12.3 Å². The Bertz CT molecular complexity index is 228. The summed E-state index contributed by atoms with van der Waals surface area (Å²) in [6, 6.07) is 0. The monoisotopic (exact) mass is 213 g/mol. The van der Waals surface area contributed by atoms with Crippen LogP contribution in [-0.2, 0) is 9.53 Å².